The maximum atomic E-state index is 12.9. The number of ether oxygens (including phenoxy) is 3. The summed E-state index contributed by atoms with van der Waals surface area (Å²) in [6, 6.07) is 11.3. The summed E-state index contributed by atoms with van der Waals surface area (Å²) in [6.07, 6.45) is 1.56. The second-order valence-corrected chi connectivity index (χ2v) is 9.55. The molecular formula is C26H25ClN2O7S. The highest BCUT2D eigenvalue weighted by molar-refractivity contribution is 8.18. The van der Waals surface area contributed by atoms with E-state index in [9.17, 15) is 19.2 Å². The molecule has 0 spiro atoms. The Labute approximate surface area is 223 Å². The van der Waals surface area contributed by atoms with Crippen molar-refractivity contribution in [3.05, 3.63) is 63.5 Å². The molecule has 0 saturated carbocycles. The molecule has 0 aliphatic carbocycles. The van der Waals surface area contributed by atoms with Gasteiger partial charge < -0.3 is 19.1 Å². The third kappa shape index (κ3) is 6.71. The molecule has 37 heavy (non-hydrogen) atoms. The van der Waals surface area contributed by atoms with Crippen LogP contribution >= 0.6 is 23.4 Å². The molecule has 2 aliphatic rings. The third-order valence-corrected chi connectivity index (χ3v) is 6.78. The van der Waals surface area contributed by atoms with Gasteiger partial charge in [0, 0.05) is 23.7 Å². The van der Waals surface area contributed by atoms with Crippen LogP contribution in [0.15, 0.2) is 47.4 Å². The molecule has 2 saturated heterocycles. The van der Waals surface area contributed by atoms with Gasteiger partial charge in [0.25, 0.3) is 17.1 Å². The van der Waals surface area contributed by atoms with Crippen LogP contribution in [-0.4, -0.2) is 78.7 Å². The van der Waals surface area contributed by atoms with Crippen molar-refractivity contribution in [2.24, 2.45) is 0 Å². The van der Waals surface area contributed by atoms with E-state index in [1.54, 1.807) is 53.4 Å². The summed E-state index contributed by atoms with van der Waals surface area (Å²) >= 11 is 6.62. The number of hydrogen-bond acceptors (Lipinski definition) is 8. The topological polar surface area (TPSA) is 102 Å². The number of imide groups is 1. The quantitative estimate of drug-likeness (QED) is 0.346. The number of morpholine rings is 1. The van der Waals surface area contributed by atoms with E-state index in [1.807, 2.05) is 6.92 Å². The van der Waals surface area contributed by atoms with Crippen molar-refractivity contribution in [1.82, 2.24) is 9.80 Å². The largest absolute Gasteiger partial charge is 0.490 e. The molecule has 2 aromatic carbocycles. The Balaban J connectivity index is 1.44. The fourth-order valence-electron chi connectivity index (χ4n) is 3.70. The lowest BCUT2D eigenvalue weighted by atomic mass is 10.1. The van der Waals surface area contributed by atoms with Gasteiger partial charge in [0.1, 0.15) is 0 Å². The number of rotatable bonds is 9. The van der Waals surface area contributed by atoms with Crippen LogP contribution in [-0.2, 0) is 14.3 Å². The summed E-state index contributed by atoms with van der Waals surface area (Å²) in [7, 11) is 0. The second-order valence-electron chi connectivity index (χ2n) is 8.12. The molecule has 2 fully saturated rings. The summed E-state index contributed by atoms with van der Waals surface area (Å²) in [4.78, 5) is 53.1. The molecule has 9 nitrogen and oxygen atoms in total. The number of carbonyl (C=O) groups is 4. The average molecular weight is 545 g/mol. The maximum Gasteiger partial charge on any atom is 0.293 e. The van der Waals surface area contributed by atoms with Gasteiger partial charge >= 0.3 is 0 Å². The molecule has 4 rings (SSSR count). The van der Waals surface area contributed by atoms with Crippen LogP contribution in [0.25, 0.3) is 6.08 Å². The number of benzene rings is 2. The lowest BCUT2D eigenvalue weighted by Gasteiger charge is -2.26. The normalized spacial score (nSPS) is 16.9. The minimum atomic E-state index is -0.549. The van der Waals surface area contributed by atoms with Crippen LogP contribution in [0.3, 0.4) is 0 Å². The molecule has 3 amide bonds. The van der Waals surface area contributed by atoms with Gasteiger partial charge in [-0.15, -0.1) is 0 Å². The van der Waals surface area contributed by atoms with Crippen LogP contribution in [0.1, 0.15) is 22.8 Å². The number of thioether (sulfide) groups is 1. The fourth-order valence-corrected chi connectivity index (χ4v) is 4.67. The van der Waals surface area contributed by atoms with E-state index in [1.165, 1.54) is 0 Å². The summed E-state index contributed by atoms with van der Waals surface area (Å²) in [5.74, 6) is -0.263. The zero-order chi connectivity index (χ0) is 26.4. The number of halogens is 1. The molecule has 11 heteroatoms. The van der Waals surface area contributed by atoms with E-state index in [4.69, 9.17) is 25.8 Å². The molecule has 0 N–H and O–H groups in total. The van der Waals surface area contributed by atoms with Crippen LogP contribution in [0, 0.1) is 0 Å². The molecule has 0 radical (unpaired) electrons. The Morgan fingerprint density at radius 3 is 2.49 bits per heavy atom. The first-order valence-electron chi connectivity index (χ1n) is 11.6. The first-order chi connectivity index (χ1) is 17.9. The van der Waals surface area contributed by atoms with Gasteiger partial charge in [0.15, 0.2) is 23.9 Å². The summed E-state index contributed by atoms with van der Waals surface area (Å²) < 4.78 is 16.7. The summed E-state index contributed by atoms with van der Waals surface area (Å²) in [5.41, 5.74) is 0.960. The first kappa shape index (κ1) is 26.7. The minimum absolute atomic E-state index is 0.139. The van der Waals surface area contributed by atoms with Crippen molar-refractivity contribution >= 4 is 52.3 Å². The van der Waals surface area contributed by atoms with Crippen LogP contribution in [0.2, 0.25) is 5.02 Å². The summed E-state index contributed by atoms with van der Waals surface area (Å²) in [6.45, 7) is 3.74. The standard InChI is InChI=1S/C26H25ClN2O7S/c1-2-35-22-13-17(3-8-21(22)36-16-24(31)28-9-11-34-12-10-28)14-23-25(32)29(26(33)37-23)15-20(30)18-4-6-19(27)7-5-18/h3-8,13-14H,2,9-12,15-16H2,1H3/b23-14-. The average Bonchev–Trinajstić information content (AvgIpc) is 3.16. The highest BCUT2D eigenvalue weighted by Gasteiger charge is 2.36. The van der Waals surface area contributed by atoms with Crippen molar-refractivity contribution in [2.45, 2.75) is 6.92 Å². The summed E-state index contributed by atoms with van der Waals surface area (Å²) in [5, 5.41) is -0.0395. The van der Waals surface area contributed by atoms with Gasteiger partial charge in [0.2, 0.25) is 0 Å². The lowest BCUT2D eigenvalue weighted by molar-refractivity contribution is -0.137. The fraction of sp³-hybridized carbons (Fsp3) is 0.308. The highest BCUT2D eigenvalue weighted by Crippen LogP contribution is 2.35. The molecule has 2 aromatic rings. The first-order valence-corrected chi connectivity index (χ1v) is 12.8. The van der Waals surface area contributed by atoms with Crippen molar-refractivity contribution < 1.29 is 33.4 Å². The predicted octanol–water partition coefficient (Wildman–Crippen LogP) is 3.90. The van der Waals surface area contributed by atoms with Gasteiger partial charge in [0.05, 0.1) is 31.3 Å². The van der Waals surface area contributed by atoms with Gasteiger partial charge in [-0.1, -0.05) is 17.7 Å². The Kier molecular flexibility index (Phi) is 8.86. The molecule has 2 aliphatic heterocycles. The van der Waals surface area contributed by atoms with E-state index in [0.717, 1.165) is 16.7 Å². The zero-order valence-electron chi connectivity index (χ0n) is 20.1. The molecule has 194 valence electrons. The predicted molar refractivity (Wildman–Crippen MR) is 139 cm³/mol. The highest BCUT2D eigenvalue weighted by atomic mass is 35.5. The maximum absolute atomic E-state index is 12.9. The molecule has 0 unspecified atom stereocenters. The molecule has 0 atom stereocenters. The molecule has 0 bridgehead atoms. The van der Waals surface area contributed by atoms with E-state index in [2.05, 4.69) is 0 Å². The Morgan fingerprint density at radius 1 is 1.05 bits per heavy atom. The van der Waals surface area contributed by atoms with Gasteiger partial charge in [-0.2, -0.15) is 0 Å². The van der Waals surface area contributed by atoms with Gasteiger partial charge in [-0.25, -0.2) is 0 Å². The SMILES string of the molecule is CCOc1cc(/C=C2\SC(=O)N(CC(=O)c3ccc(Cl)cc3)C2=O)ccc1OCC(=O)N1CCOCC1. The Bertz CT molecular complexity index is 1230. The van der Waals surface area contributed by atoms with Crippen molar-refractivity contribution in [1.29, 1.82) is 0 Å². The number of amides is 3. The molecule has 0 aromatic heterocycles. The Hall–Kier alpha value is -3.34. The molecule has 2 heterocycles. The number of Topliss-reactive ketones (excluding diaryl/α,β-unsaturated/α-hetero) is 1. The van der Waals surface area contributed by atoms with E-state index in [-0.39, 0.29) is 29.7 Å². The third-order valence-electron chi connectivity index (χ3n) is 5.62. The van der Waals surface area contributed by atoms with Crippen molar-refractivity contribution in [3.63, 3.8) is 0 Å². The zero-order valence-corrected chi connectivity index (χ0v) is 21.7. The van der Waals surface area contributed by atoms with Crippen molar-refractivity contribution in [2.75, 3.05) is 46.1 Å². The van der Waals surface area contributed by atoms with E-state index >= 15 is 0 Å². The van der Waals surface area contributed by atoms with Crippen molar-refractivity contribution in [3.8, 4) is 11.5 Å². The van der Waals surface area contributed by atoms with Gasteiger partial charge in [-0.05, 0) is 66.7 Å². The smallest absolute Gasteiger partial charge is 0.293 e. The minimum Gasteiger partial charge on any atom is -0.490 e. The number of hydrogen-bond donors (Lipinski definition) is 0. The van der Waals surface area contributed by atoms with E-state index < -0.39 is 11.1 Å². The monoisotopic (exact) mass is 544 g/mol. The van der Waals surface area contributed by atoms with Crippen LogP contribution in [0.4, 0.5) is 4.79 Å². The second kappa shape index (κ2) is 12.3. The Morgan fingerprint density at radius 2 is 1.78 bits per heavy atom. The molecular weight excluding hydrogens is 520 g/mol. The lowest BCUT2D eigenvalue weighted by Crippen LogP contribution is -2.43. The van der Waals surface area contributed by atoms with Gasteiger partial charge in [-0.3, -0.25) is 24.1 Å². The van der Waals surface area contributed by atoms with Crippen LogP contribution in [0.5, 0.6) is 11.5 Å². The van der Waals surface area contributed by atoms with E-state index in [0.29, 0.717) is 60.6 Å². The number of nitrogens with zero attached hydrogens (tertiary/aromatic N) is 2. The number of carbonyl (C=O) groups excluding carboxylic acids is 4. The number of ketones is 1. The van der Waals surface area contributed by atoms with Crippen LogP contribution < -0.4 is 9.47 Å².